The fraction of sp³-hybridized carbons (Fsp3) is 0.533. The summed E-state index contributed by atoms with van der Waals surface area (Å²) >= 11 is 0. The van der Waals surface area contributed by atoms with Crippen molar-refractivity contribution in [3.8, 4) is 0 Å². The zero-order chi connectivity index (χ0) is 15.4. The van der Waals surface area contributed by atoms with E-state index in [4.69, 9.17) is 0 Å². The first-order valence-corrected chi connectivity index (χ1v) is 7.35. The van der Waals surface area contributed by atoms with E-state index in [2.05, 4.69) is 12.2 Å². The van der Waals surface area contributed by atoms with E-state index in [1.54, 1.807) is 11.0 Å². The zero-order valence-electron chi connectivity index (χ0n) is 12.4. The lowest BCUT2D eigenvalue weighted by Crippen LogP contribution is -2.31. The number of nitrogens with one attached hydrogen (secondary N) is 1. The van der Waals surface area contributed by atoms with Crippen molar-refractivity contribution in [1.29, 1.82) is 0 Å². The fourth-order valence-corrected chi connectivity index (χ4v) is 2.63. The van der Waals surface area contributed by atoms with Gasteiger partial charge in [-0.15, -0.1) is 0 Å². The number of nitro groups is 1. The summed E-state index contributed by atoms with van der Waals surface area (Å²) in [6.07, 6.45) is 2.83. The standard InChI is InChI=1S/C15H21N3O3/c1-3-4-5-9-17-14(16-11(2)15(17)19)12-7-6-8-13(10-12)18(20)21/h6-8,10-11,14,16H,3-5,9H2,1-2H3. The Labute approximate surface area is 124 Å². The first-order chi connectivity index (χ1) is 10.0. The Kier molecular flexibility index (Phi) is 4.90. The Morgan fingerprint density at radius 2 is 2.14 bits per heavy atom. The zero-order valence-corrected chi connectivity index (χ0v) is 12.4. The predicted molar refractivity (Wildman–Crippen MR) is 79.7 cm³/mol. The molecule has 6 heteroatoms. The molecule has 1 amide bonds. The number of nitrogens with zero attached hydrogens (tertiary/aromatic N) is 2. The highest BCUT2D eigenvalue weighted by molar-refractivity contribution is 5.84. The molecule has 1 heterocycles. The molecular formula is C15H21N3O3. The number of unbranched alkanes of at least 4 members (excludes halogenated alkanes) is 2. The van der Waals surface area contributed by atoms with E-state index in [1.165, 1.54) is 12.1 Å². The molecule has 1 aromatic carbocycles. The average molecular weight is 291 g/mol. The quantitative estimate of drug-likeness (QED) is 0.496. The van der Waals surface area contributed by atoms with Crippen molar-refractivity contribution in [3.05, 3.63) is 39.9 Å². The molecule has 1 aliphatic heterocycles. The van der Waals surface area contributed by atoms with Crippen LogP contribution in [0, 0.1) is 10.1 Å². The predicted octanol–water partition coefficient (Wildman–Crippen LogP) is 2.60. The summed E-state index contributed by atoms with van der Waals surface area (Å²) in [5.41, 5.74) is 0.813. The van der Waals surface area contributed by atoms with Crippen molar-refractivity contribution in [3.63, 3.8) is 0 Å². The maximum Gasteiger partial charge on any atom is 0.269 e. The van der Waals surface area contributed by atoms with Crippen molar-refractivity contribution in [2.75, 3.05) is 6.54 Å². The molecule has 2 unspecified atom stereocenters. The number of non-ortho nitro benzene ring substituents is 1. The van der Waals surface area contributed by atoms with Gasteiger partial charge >= 0.3 is 0 Å². The molecule has 0 spiro atoms. The van der Waals surface area contributed by atoms with Crippen LogP contribution in [0.5, 0.6) is 0 Å². The van der Waals surface area contributed by atoms with Gasteiger partial charge in [-0.25, -0.2) is 0 Å². The van der Waals surface area contributed by atoms with E-state index in [0.29, 0.717) is 6.54 Å². The van der Waals surface area contributed by atoms with Crippen LogP contribution in [-0.4, -0.2) is 28.3 Å². The van der Waals surface area contributed by atoms with Gasteiger partial charge in [-0.1, -0.05) is 31.9 Å². The number of hydrogen-bond donors (Lipinski definition) is 1. The van der Waals surface area contributed by atoms with Crippen LogP contribution in [0.1, 0.15) is 44.8 Å². The van der Waals surface area contributed by atoms with Gasteiger partial charge in [-0.3, -0.25) is 20.2 Å². The second-order valence-electron chi connectivity index (χ2n) is 5.38. The number of amides is 1. The van der Waals surface area contributed by atoms with Crippen LogP contribution >= 0.6 is 0 Å². The van der Waals surface area contributed by atoms with Gasteiger partial charge in [0.05, 0.1) is 11.0 Å². The molecule has 0 bridgehead atoms. The second kappa shape index (κ2) is 6.67. The maximum atomic E-state index is 12.2. The summed E-state index contributed by atoms with van der Waals surface area (Å²) < 4.78 is 0. The highest BCUT2D eigenvalue weighted by atomic mass is 16.6. The van der Waals surface area contributed by atoms with Gasteiger partial charge in [0.15, 0.2) is 0 Å². The Bertz CT molecular complexity index is 533. The van der Waals surface area contributed by atoms with Crippen molar-refractivity contribution in [2.45, 2.75) is 45.3 Å². The molecule has 1 aromatic rings. The highest BCUT2D eigenvalue weighted by Gasteiger charge is 2.36. The minimum atomic E-state index is -0.412. The molecule has 1 N–H and O–H groups in total. The van der Waals surface area contributed by atoms with Crippen LogP contribution in [0.2, 0.25) is 0 Å². The van der Waals surface area contributed by atoms with E-state index in [9.17, 15) is 14.9 Å². The van der Waals surface area contributed by atoms with Crippen molar-refractivity contribution in [2.24, 2.45) is 0 Å². The summed E-state index contributed by atoms with van der Waals surface area (Å²) in [7, 11) is 0. The van der Waals surface area contributed by atoms with Gasteiger partial charge in [0, 0.05) is 18.7 Å². The Morgan fingerprint density at radius 1 is 1.38 bits per heavy atom. The molecule has 0 aliphatic carbocycles. The molecule has 2 rings (SSSR count). The molecule has 0 saturated carbocycles. The van der Waals surface area contributed by atoms with E-state index in [-0.39, 0.29) is 23.8 Å². The maximum absolute atomic E-state index is 12.2. The minimum absolute atomic E-state index is 0.0508. The Balaban J connectivity index is 2.21. The third-order valence-corrected chi connectivity index (χ3v) is 3.77. The number of carbonyl (C=O) groups is 1. The van der Waals surface area contributed by atoms with E-state index in [1.807, 2.05) is 13.0 Å². The largest absolute Gasteiger partial charge is 0.322 e. The molecule has 0 radical (unpaired) electrons. The van der Waals surface area contributed by atoms with Gasteiger partial charge in [0.25, 0.3) is 5.69 Å². The smallest absolute Gasteiger partial charge is 0.269 e. The van der Waals surface area contributed by atoms with Crippen LogP contribution in [0.4, 0.5) is 5.69 Å². The topological polar surface area (TPSA) is 75.5 Å². The molecular weight excluding hydrogens is 270 g/mol. The number of rotatable bonds is 6. The average Bonchev–Trinajstić information content (AvgIpc) is 2.76. The van der Waals surface area contributed by atoms with Crippen LogP contribution in [0.3, 0.4) is 0 Å². The van der Waals surface area contributed by atoms with E-state index < -0.39 is 4.92 Å². The van der Waals surface area contributed by atoms with Crippen molar-refractivity contribution >= 4 is 11.6 Å². The Morgan fingerprint density at radius 3 is 2.81 bits per heavy atom. The molecule has 1 aliphatic rings. The monoisotopic (exact) mass is 291 g/mol. The number of nitro benzene ring substituents is 1. The molecule has 21 heavy (non-hydrogen) atoms. The Hall–Kier alpha value is -1.95. The molecule has 2 atom stereocenters. The van der Waals surface area contributed by atoms with E-state index >= 15 is 0 Å². The first-order valence-electron chi connectivity index (χ1n) is 7.35. The lowest BCUT2D eigenvalue weighted by Gasteiger charge is -2.24. The first kappa shape index (κ1) is 15.4. The van der Waals surface area contributed by atoms with Gasteiger partial charge in [0.2, 0.25) is 5.91 Å². The molecule has 6 nitrogen and oxygen atoms in total. The molecule has 114 valence electrons. The molecule has 1 fully saturated rings. The van der Waals surface area contributed by atoms with Gasteiger partial charge in [0.1, 0.15) is 6.17 Å². The van der Waals surface area contributed by atoms with Crippen molar-refractivity contribution < 1.29 is 9.72 Å². The number of benzene rings is 1. The summed E-state index contributed by atoms with van der Waals surface area (Å²) in [6, 6.07) is 6.23. The number of carbonyl (C=O) groups excluding carboxylic acids is 1. The van der Waals surface area contributed by atoms with E-state index in [0.717, 1.165) is 24.8 Å². The van der Waals surface area contributed by atoms with Gasteiger partial charge in [-0.05, 0) is 18.9 Å². The normalized spacial score (nSPS) is 21.8. The lowest BCUT2D eigenvalue weighted by molar-refractivity contribution is -0.385. The van der Waals surface area contributed by atoms with Crippen LogP contribution in [-0.2, 0) is 4.79 Å². The summed E-state index contributed by atoms with van der Waals surface area (Å²) in [5.74, 6) is 0.0580. The van der Waals surface area contributed by atoms with Crippen LogP contribution < -0.4 is 5.32 Å². The van der Waals surface area contributed by atoms with Crippen molar-refractivity contribution in [1.82, 2.24) is 10.2 Å². The summed E-state index contributed by atoms with van der Waals surface area (Å²) in [5, 5.41) is 14.1. The van der Waals surface area contributed by atoms with Gasteiger partial charge in [-0.2, -0.15) is 0 Å². The SMILES string of the molecule is CCCCCN1C(=O)C(C)NC1c1cccc([N+](=O)[O-])c1. The second-order valence-corrected chi connectivity index (χ2v) is 5.38. The third kappa shape index (κ3) is 3.39. The molecule has 1 saturated heterocycles. The fourth-order valence-electron chi connectivity index (χ4n) is 2.63. The van der Waals surface area contributed by atoms with Gasteiger partial charge < -0.3 is 4.90 Å². The van der Waals surface area contributed by atoms with Crippen LogP contribution in [0.25, 0.3) is 0 Å². The number of hydrogen-bond acceptors (Lipinski definition) is 4. The lowest BCUT2D eigenvalue weighted by atomic mass is 10.1. The summed E-state index contributed by atoms with van der Waals surface area (Å²) in [6.45, 7) is 4.62. The minimum Gasteiger partial charge on any atom is -0.322 e. The molecule has 0 aromatic heterocycles. The highest BCUT2D eigenvalue weighted by Crippen LogP contribution is 2.28. The van der Waals surface area contributed by atoms with Crippen LogP contribution in [0.15, 0.2) is 24.3 Å². The third-order valence-electron chi connectivity index (χ3n) is 3.77. The summed E-state index contributed by atoms with van der Waals surface area (Å²) in [4.78, 5) is 24.5.